The molecule has 0 saturated heterocycles. The normalized spacial score (nSPS) is 11.8. The summed E-state index contributed by atoms with van der Waals surface area (Å²) < 4.78 is 39.2. The number of rotatable bonds is 3. The van der Waals surface area contributed by atoms with Crippen molar-refractivity contribution in [2.45, 2.75) is 13.1 Å². The Hall–Kier alpha value is -2.78. The second kappa shape index (κ2) is 7.23. The third kappa shape index (κ3) is 3.75. The lowest BCUT2D eigenvalue weighted by atomic mass is 10.1. The highest BCUT2D eigenvalue weighted by Gasteiger charge is 2.30. The summed E-state index contributed by atoms with van der Waals surface area (Å²) in [6.07, 6.45) is -4.39. The fraction of sp³-hybridized carbons (Fsp3) is 0.150. The fourth-order valence-electron chi connectivity index (χ4n) is 2.76. The summed E-state index contributed by atoms with van der Waals surface area (Å²) in [5.41, 5.74) is 1.16. The van der Waals surface area contributed by atoms with Gasteiger partial charge in [0, 0.05) is 12.6 Å². The number of aryl methyl sites for hydroxylation is 1. The van der Waals surface area contributed by atoms with Gasteiger partial charge in [-0.1, -0.05) is 35.6 Å². The zero-order chi connectivity index (χ0) is 20.8. The van der Waals surface area contributed by atoms with Gasteiger partial charge in [0.05, 0.1) is 21.5 Å². The number of carbonyl (C=O) groups excluding carboxylic acids is 1. The molecule has 9 heteroatoms. The van der Waals surface area contributed by atoms with Crippen molar-refractivity contribution in [1.29, 1.82) is 0 Å². The maximum absolute atomic E-state index is 13.0. The number of nitrogens with zero attached hydrogens (tertiary/aromatic N) is 3. The van der Waals surface area contributed by atoms with Crippen molar-refractivity contribution in [1.82, 2.24) is 9.97 Å². The van der Waals surface area contributed by atoms with Gasteiger partial charge in [-0.05, 0) is 31.2 Å². The van der Waals surface area contributed by atoms with Crippen LogP contribution in [0.1, 0.15) is 20.9 Å². The molecule has 1 amide bonds. The number of benzene rings is 2. The van der Waals surface area contributed by atoms with Crippen LogP contribution in [0.15, 0.2) is 48.5 Å². The predicted octanol–water partition coefficient (Wildman–Crippen LogP) is 6.02. The smallest absolute Gasteiger partial charge is 0.286 e. The molecule has 0 spiro atoms. The number of halogens is 3. The van der Waals surface area contributed by atoms with Crippen LogP contribution in [0.2, 0.25) is 0 Å². The Labute approximate surface area is 172 Å². The van der Waals surface area contributed by atoms with E-state index in [4.69, 9.17) is 0 Å². The average molecular weight is 433 g/mol. The van der Waals surface area contributed by atoms with Gasteiger partial charge in [-0.3, -0.25) is 9.69 Å². The first-order chi connectivity index (χ1) is 13.7. The number of hydrogen-bond donors (Lipinski definition) is 0. The fourth-order valence-corrected chi connectivity index (χ4v) is 4.74. The number of aromatic nitrogens is 2. The Kier molecular flexibility index (Phi) is 4.87. The van der Waals surface area contributed by atoms with E-state index in [1.54, 1.807) is 14.0 Å². The van der Waals surface area contributed by atoms with E-state index in [2.05, 4.69) is 9.97 Å². The maximum Gasteiger partial charge on any atom is 0.416 e. The Balaban J connectivity index is 1.62. The minimum absolute atomic E-state index is 0.253. The molecule has 2 heterocycles. The Bertz CT molecular complexity index is 1160. The molecule has 0 saturated carbocycles. The Morgan fingerprint density at radius 1 is 1.00 bits per heavy atom. The van der Waals surface area contributed by atoms with E-state index in [9.17, 15) is 18.0 Å². The summed E-state index contributed by atoms with van der Waals surface area (Å²) in [5, 5.41) is 1.07. The predicted molar refractivity (Wildman–Crippen MR) is 110 cm³/mol. The van der Waals surface area contributed by atoms with Crippen molar-refractivity contribution >= 4 is 43.9 Å². The SMILES string of the molecule is Cc1nc(-c2ccc(C(F)(F)F)cc2)sc1C(=O)N(C)c1nc2ccccc2s1. The van der Waals surface area contributed by atoms with Crippen LogP contribution in [0.5, 0.6) is 0 Å². The monoisotopic (exact) mass is 433 g/mol. The van der Waals surface area contributed by atoms with Gasteiger partial charge in [0.15, 0.2) is 5.13 Å². The number of para-hydroxylation sites is 1. The standard InChI is InChI=1S/C20H14F3N3OS2/c1-11-16(18(27)26(2)19-25-14-5-3-4-6-15(14)28-19)29-17(24-11)12-7-9-13(10-8-12)20(21,22)23/h3-10H,1-2H3. The number of hydrogen-bond acceptors (Lipinski definition) is 5. The maximum atomic E-state index is 13.0. The van der Waals surface area contributed by atoms with Crippen LogP contribution in [0.4, 0.5) is 18.3 Å². The first-order valence-corrected chi connectivity index (χ1v) is 10.2. The van der Waals surface area contributed by atoms with Crippen LogP contribution in [0.25, 0.3) is 20.8 Å². The highest BCUT2D eigenvalue weighted by Crippen LogP contribution is 2.34. The van der Waals surface area contributed by atoms with Gasteiger partial charge in [0.25, 0.3) is 5.91 Å². The minimum atomic E-state index is -4.39. The molecule has 0 atom stereocenters. The van der Waals surface area contributed by atoms with E-state index in [0.29, 0.717) is 26.3 Å². The highest BCUT2D eigenvalue weighted by atomic mass is 32.1. The van der Waals surface area contributed by atoms with Crippen molar-refractivity contribution in [3.8, 4) is 10.6 Å². The molecule has 4 rings (SSSR count). The van der Waals surface area contributed by atoms with E-state index in [-0.39, 0.29) is 5.91 Å². The van der Waals surface area contributed by atoms with Gasteiger partial charge >= 0.3 is 6.18 Å². The van der Waals surface area contributed by atoms with E-state index in [0.717, 1.165) is 33.7 Å². The molecule has 148 valence electrons. The largest absolute Gasteiger partial charge is 0.416 e. The molecular formula is C20H14F3N3OS2. The summed E-state index contributed by atoms with van der Waals surface area (Å²) in [4.78, 5) is 23.8. The van der Waals surface area contributed by atoms with Crippen molar-refractivity contribution in [2.75, 3.05) is 11.9 Å². The summed E-state index contributed by atoms with van der Waals surface area (Å²) in [7, 11) is 1.65. The van der Waals surface area contributed by atoms with Gasteiger partial charge in [-0.25, -0.2) is 9.97 Å². The quantitative estimate of drug-likeness (QED) is 0.397. The molecule has 4 aromatic rings. The molecule has 0 N–H and O–H groups in total. The van der Waals surface area contributed by atoms with Gasteiger partial charge in [-0.2, -0.15) is 13.2 Å². The van der Waals surface area contributed by atoms with Crippen molar-refractivity contribution in [2.24, 2.45) is 0 Å². The summed E-state index contributed by atoms with van der Waals surface area (Å²) in [5.74, 6) is -0.253. The van der Waals surface area contributed by atoms with Gasteiger partial charge in [0.2, 0.25) is 0 Å². The lowest BCUT2D eigenvalue weighted by Gasteiger charge is -2.12. The molecule has 4 nitrogen and oxygen atoms in total. The lowest BCUT2D eigenvalue weighted by molar-refractivity contribution is -0.137. The van der Waals surface area contributed by atoms with Crippen LogP contribution in [-0.4, -0.2) is 22.9 Å². The molecule has 0 unspecified atom stereocenters. The third-order valence-electron chi connectivity index (χ3n) is 4.32. The molecule has 0 radical (unpaired) electrons. The van der Waals surface area contributed by atoms with E-state index >= 15 is 0 Å². The minimum Gasteiger partial charge on any atom is -0.286 e. The van der Waals surface area contributed by atoms with Gasteiger partial charge in [0.1, 0.15) is 9.88 Å². The third-order valence-corrected chi connectivity index (χ3v) is 6.63. The number of carbonyl (C=O) groups is 1. The molecular weight excluding hydrogens is 419 g/mol. The van der Waals surface area contributed by atoms with E-state index in [1.807, 2.05) is 24.3 Å². The van der Waals surface area contributed by atoms with Crippen molar-refractivity contribution < 1.29 is 18.0 Å². The Morgan fingerprint density at radius 2 is 1.69 bits per heavy atom. The van der Waals surface area contributed by atoms with Crippen molar-refractivity contribution in [3.63, 3.8) is 0 Å². The molecule has 2 aromatic heterocycles. The summed E-state index contributed by atoms with van der Waals surface area (Å²) >= 11 is 2.57. The van der Waals surface area contributed by atoms with Gasteiger partial charge < -0.3 is 0 Å². The summed E-state index contributed by atoms with van der Waals surface area (Å²) in [6.45, 7) is 1.71. The molecule has 29 heavy (non-hydrogen) atoms. The summed E-state index contributed by atoms with van der Waals surface area (Å²) in [6, 6.07) is 12.4. The van der Waals surface area contributed by atoms with Crippen LogP contribution in [0, 0.1) is 6.92 Å². The number of amides is 1. The molecule has 0 aliphatic rings. The lowest BCUT2D eigenvalue weighted by Crippen LogP contribution is -2.25. The van der Waals surface area contributed by atoms with Crippen LogP contribution >= 0.6 is 22.7 Å². The topological polar surface area (TPSA) is 46.1 Å². The second-order valence-electron chi connectivity index (χ2n) is 6.34. The average Bonchev–Trinajstić information content (AvgIpc) is 3.30. The zero-order valence-corrected chi connectivity index (χ0v) is 17.0. The van der Waals surface area contributed by atoms with Crippen LogP contribution in [0.3, 0.4) is 0 Å². The number of alkyl halides is 3. The Morgan fingerprint density at radius 3 is 2.34 bits per heavy atom. The van der Waals surface area contributed by atoms with Crippen LogP contribution < -0.4 is 4.90 Å². The molecule has 0 aliphatic carbocycles. The zero-order valence-electron chi connectivity index (χ0n) is 15.3. The number of anilines is 1. The number of thiazole rings is 2. The first kappa shape index (κ1) is 19.5. The first-order valence-electron chi connectivity index (χ1n) is 8.53. The molecule has 0 fully saturated rings. The second-order valence-corrected chi connectivity index (χ2v) is 8.35. The number of fused-ring (bicyclic) bond motifs is 1. The van der Waals surface area contributed by atoms with Crippen LogP contribution in [-0.2, 0) is 6.18 Å². The molecule has 0 bridgehead atoms. The van der Waals surface area contributed by atoms with E-state index in [1.165, 1.54) is 28.4 Å². The highest BCUT2D eigenvalue weighted by molar-refractivity contribution is 7.22. The molecule has 2 aromatic carbocycles. The van der Waals surface area contributed by atoms with Gasteiger partial charge in [-0.15, -0.1) is 11.3 Å². The molecule has 0 aliphatic heterocycles. The van der Waals surface area contributed by atoms with E-state index < -0.39 is 11.7 Å². The van der Waals surface area contributed by atoms with Crippen molar-refractivity contribution in [3.05, 3.63) is 64.7 Å².